The van der Waals surface area contributed by atoms with Gasteiger partial charge in [-0.3, -0.25) is 9.59 Å². The fourth-order valence-corrected chi connectivity index (χ4v) is 2.92. The van der Waals surface area contributed by atoms with Crippen molar-refractivity contribution >= 4 is 40.9 Å². The lowest BCUT2D eigenvalue weighted by atomic mass is 10.2. The smallest absolute Gasteiger partial charge is 0.317 e. The molecule has 0 aliphatic carbocycles. The minimum Gasteiger partial charge on any atom is -0.497 e. The lowest BCUT2D eigenvalue weighted by Gasteiger charge is -2.15. The van der Waals surface area contributed by atoms with Gasteiger partial charge in [-0.15, -0.1) is 11.8 Å². The van der Waals surface area contributed by atoms with Gasteiger partial charge in [-0.05, 0) is 55.8 Å². The average Bonchev–Trinajstić information content (AvgIpc) is 2.63. The van der Waals surface area contributed by atoms with Gasteiger partial charge >= 0.3 is 5.97 Å². The summed E-state index contributed by atoms with van der Waals surface area (Å²) in [4.78, 5) is 25.1. The molecule has 1 N–H and O–H groups in total. The maximum atomic E-state index is 12.2. The fourth-order valence-electron chi connectivity index (χ4n) is 2.06. The summed E-state index contributed by atoms with van der Waals surface area (Å²) in [5.74, 6) is -0.00636. The average molecular weight is 394 g/mol. The van der Waals surface area contributed by atoms with Crippen LogP contribution in [0.2, 0.25) is 5.02 Å². The summed E-state index contributed by atoms with van der Waals surface area (Å²) in [7, 11) is 1.59. The molecule has 7 heteroatoms. The molecule has 2 rings (SSSR count). The van der Waals surface area contributed by atoms with E-state index in [-0.39, 0.29) is 5.75 Å². The molecule has 26 heavy (non-hydrogen) atoms. The minimum absolute atomic E-state index is 0.111. The van der Waals surface area contributed by atoms with Crippen molar-refractivity contribution in [2.45, 2.75) is 24.8 Å². The van der Waals surface area contributed by atoms with E-state index in [0.29, 0.717) is 10.7 Å². The van der Waals surface area contributed by atoms with Crippen molar-refractivity contribution in [3.8, 4) is 5.75 Å². The molecule has 0 aliphatic heterocycles. The van der Waals surface area contributed by atoms with Crippen LogP contribution in [0.1, 0.15) is 12.5 Å². The van der Waals surface area contributed by atoms with Crippen LogP contribution < -0.4 is 10.1 Å². The zero-order valence-corrected chi connectivity index (χ0v) is 16.3. The summed E-state index contributed by atoms with van der Waals surface area (Å²) in [5, 5.41) is 3.24. The Hall–Kier alpha value is -2.18. The third-order valence-electron chi connectivity index (χ3n) is 3.55. The van der Waals surface area contributed by atoms with Crippen LogP contribution in [-0.4, -0.2) is 30.8 Å². The second-order valence-corrected chi connectivity index (χ2v) is 7.03. The van der Waals surface area contributed by atoms with Gasteiger partial charge in [-0.1, -0.05) is 17.7 Å². The van der Waals surface area contributed by atoms with Gasteiger partial charge in [-0.2, -0.15) is 0 Å². The van der Waals surface area contributed by atoms with Crippen LogP contribution in [0.4, 0.5) is 5.69 Å². The first kappa shape index (κ1) is 20.1. The van der Waals surface area contributed by atoms with E-state index >= 15 is 0 Å². The Kier molecular flexibility index (Phi) is 7.36. The topological polar surface area (TPSA) is 64.6 Å². The Labute approximate surface area is 162 Å². The van der Waals surface area contributed by atoms with Crippen LogP contribution in [0.25, 0.3) is 0 Å². The van der Waals surface area contributed by atoms with Crippen molar-refractivity contribution in [1.29, 1.82) is 0 Å². The Morgan fingerprint density at radius 1 is 1.19 bits per heavy atom. The number of rotatable bonds is 7. The molecule has 0 radical (unpaired) electrons. The summed E-state index contributed by atoms with van der Waals surface area (Å²) in [6.45, 7) is 3.39. The number of ether oxygens (including phenoxy) is 2. The van der Waals surface area contributed by atoms with Crippen molar-refractivity contribution < 1.29 is 19.1 Å². The van der Waals surface area contributed by atoms with E-state index in [4.69, 9.17) is 21.1 Å². The first-order valence-corrected chi connectivity index (χ1v) is 9.28. The van der Waals surface area contributed by atoms with E-state index in [1.807, 2.05) is 31.2 Å². The summed E-state index contributed by atoms with van der Waals surface area (Å²) >= 11 is 7.27. The van der Waals surface area contributed by atoms with E-state index in [1.165, 1.54) is 18.7 Å². The molecule has 5 nitrogen and oxygen atoms in total. The van der Waals surface area contributed by atoms with Crippen LogP contribution in [0, 0.1) is 6.92 Å². The molecule has 1 atom stereocenters. The normalized spacial score (nSPS) is 11.5. The standard InChI is InChI=1S/C19H20ClNO4S/c1-12-4-5-14(20)10-17(12)21-19(23)13(2)25-18(22)11-26-16-8-6-15(24-3)7-9-16/h4-10,13H,11H2,1-3H3,(H,21,23)/t13-/m1/s1. The number of benzene rings is 2. The third kappa shape index (κ3) is 5.97. The van der Waals surface area contributed by atoms with E-state index < -0.39 is 18.0 Å². The minimum atomic E-state index is -0.905. The number of amides is 1. The Balaban J connectivity index is 1.83. The summed E-state index contributed by atoms with van der Waals surface area (Å²) in [5.41, 5.74) is 1.47. The number of thioether (sulfide) groups is 1. The summed E-state index contributed by atoms with van der Waals surface area (Å²) in [6, 6.07) is 12.5. The number of nitrogens with one attached hydrogen (secondary N) is 1. The number of halogens is 1. The monoisotopic (exact) mass is 393 g/mol. The van der Waals surface area contributed by atoms with E-state index in [0.717, 1.165) is 16.2 Å². The first-order valence-electron chi connectivity index (χ1n) is 7.92. The Bertz CT molecular complexity index is 780. The fraction of sp³-hybridized carbons (Fsp3) is 0.263. The van der Waals surface area contributed by atoms with Crippen molar-refractivity contribution in [1.82, 2.24) is 0 Å². The zero-order chi connectivity index (χ0) is 19.1. The highest BCUT2D eigenvalue weighted by atomic mass is 35.5. The third-order valence-corrected chi connectivity index (χ3v) is 4.77. The summed E-state index contributed by atoms with van der Waals surface area (Å²) in [6.07, 6.45) is -0.905. The molecule has 2 aromatic carbocycles. The number of methoxy groups -OCH3 is 1. The Morgan fingerprint density at radius 3 is 2.54 bits per heavy atom. The lowest BCUT2D eigenvalue weighted by Crippen LogP contribution is -2.30. The van der Waals surface area contributed by atoms with Crippen LogP contribution >= 0.6 is 23.4 Å². The molecule has 0 aromatic heterocycles. The first-order chi connectivity index (χ1) is 12.4. The lowest BCUT2D eigenvalue weighted by molar-refractivity contribution is -0.150. The van der Waals surface area contributed by atoms with Gasteiger partial charge in [0.1, 0.15) is 5.75 Å². The zero-order valence-electron chi connectivity index (χ0n) is 14.7. The maximum absolute atomic E-state index is 12.2. The van der Waals surface area contributed by atoms with Crippen LogP contribution in [0.15, 0.2) is 47.4 Å². The van der Waals surface area contributed by atoms with Gasteiger partial charge in [-0.25, -0.2) is 0 Å². The predicted octanol–water partition coefficient (Wildman–Crippen LogP) is 4.32. The second-order valence-electron chi connectivity index (χ2n) is 5.54. The number of hydrogen-bond donors (Lipinski definition) is 1. The number of esters is 1. The highest BCUT2D eigenvalue weighted by molar-refractivity contribution is 8.00. The number of carbonyl (C=O) groups excluding carboxylic acids is 2. The molecule has 138 valence electrons. The van der Waals surface area contributed by atoms with Gasteiger partial charge in [0.2, 0.25) is 0 Å². The van der Waals surface area contributed by atoms with Gasteiger partial charge in [0.25, 0.3) is 5.91 Å². The molecule has 1 amide bonds. The molecule has 0 spiro atoms. The molecule has 0 heterocycles. The van der Waals surface area contributed by atoms with E-state index in [1.54, 1.807) is 25.3 Å². The second kappa shape index (κ2) is 9.50. The molecule has 2 aromatic rings. The van der Waals surface area contributed by atoms with Crippen molar-refractivity contribution in [3.63, 3.8) is 0 Å². The predicted molar refractivity (Wildman–Crippen MR) is 104 cm³/mol. The molecular formula is C19H20ClNO4S. The number of carbonyl (C=O) groups is 2. The molecule has 0 saturated heterocycles. The number of anilines is 1. The van der Waals surface area contributed by atoms with Gasteiger partial charge in [0.15, 0.2) is 6.10 Å². The SMILES string of the molecule is COc1ccc(SCC(=O)O[C@H](C)C(=O)Nc2cc(Cl)ccc2C)cc1. The molecular weight excluding hydrogens is 374 g/mol. The quantitative estimate of drug-likeness (QED) is 0.560. The van der Waals surface area contributed by atoms with Gasteiger partial charge in [0, 0.05) is 15.6 Å². The van der Waals surface area contributed by atoms with Crippen LogP contribution in [0.3, 0.4) is 0 Å². The van der Waals surface area contributed by atoms with Crippen molar-refractivity contribution in [3.05, 3.63) is 53.1 Å². The van der Waals surface area contributed by atoms with Crippen LogP contribution in [-0.2, 0) is 14.3 Å². The number of aryl methyl sites for hydroxylation is 1. The molecule has 0 bridgehead atoms. The van der Waals surface area contributed by atoms with Crippen LogP contribution in [0.5, 0.6) is 5.75 Å². The van der Waals surface area contributed by atoms with E-state index in [2.05, 4.69) is 5.32 Å². The van der Waals surface area contributed by atoms with Gasteiger partial charge in [0.05, 0.1) is 12.9 Å². The number of hydrogen-bond acceptors (Lipinski definition) is 5. The summed E-state index contributed by atoms with van der Waals surface area (Å²) < 4.78 is 10.3. The van der Waals surface area contributed by atoms with Crippen molar-refractivity contribution in [2.24, 2.45) is 0 Å². The van der Waals surface area contributed by atoms with Gasteiger partial charge < -0.3 is 14.8 Å². The molecule has 0 unspecified atom stereocenters. The van der Waals surface area contributed by atoms with E-state index in [9.17, 15) is 9.59 Å². The largest absolute Gasteiger partial charge is 0.497 e. The molecule has 0 aliphatic rings. The highest BCUT2D eigenvalue weighted by Crippen LogP contribution is 2.22. The maximum Gasteiger partial charge on any atom is 0.317 e. The highest BCUT2D eigenvalue weighted by Gasteiger charge is 2.18. The molecule has 0 saturated carbocycles. The molecule has 0 fully saturated rings. The Morgan fingerprint density at radius 2 is 1.88 bits per heavy atom. The van der Waals surface area contributed by atoms with Crippen molar-refractivity contribution in [2.75, 3.05) is 18.2 Å².